The van der Waals surface area contributed by atoms with Crippen LogP contribution in [0.25, 0.3) is 0 Å². The van der Waals surface area contributed by atoms with Gasteiger partial charge in [-0.05, 0) is 42.8 Å². The Balaban J connectivity index is 2.04. The van der Waals surface area contributed by atoms with E-state index in [1.54, 1.807) is 37.5 Å². The highest BCUT2D eigenvalue weighted by molar-refractivity contribution is 5.95. The van der Waals surface area contributed by atoms with Crippen molar-refractivity contribution in [3.05, 3.63) is 53.5 Å². The molecule has 4 heteroatoms. The van der Waals surface area contributed by atoms with Crippen molar-refractivity contribution in [1.82, 2.24) is 5.32 Å². The lowest BCUT2D eigenvalue weighted by Crippen LogP contribution is -2.23. The number of nitrogens with one attached hydrogen (secondary N) is 1. The fourth-order valence-corrected chi connectivity index (χ4v) is 1.58. The number of aryl methyl sites for hydroxylation is 1. The number of amides is 1. The number of phenols is 1. The predicted molar refractivity (Wildman–Crippen MR) is 62.7 cm³/mol. The fraction of sp³-hybridized carbons (Fsp3) is 0.154. The Morgan fingerprint density at radius 1 is 1.41 bits per heavy atom. The van der Waals surface area contributed by atoms with E-state index in [-0.39, 0.29) is 11.7 Å². The van der Waals surface area contributed by atoms with Gasteiger partial charge in [0.05, 0.1) is 12.8 Å². The van der Waals surface area contributed by atoms with Crippen molar-refractivity contribution >= 4 is 5.91 Å². The maximum atomic E-state index is 11.8. The average Bonchev–Trinajstić information content (AvgIpc) is 2.78. The summed E-state index contributed by atoms with van der Waals surface area (Å²) < 4.78 is 5.11. The van der Waals surface area contributed by atoms with Gasteiger partial charge in [0.2, 0.25) is 0 Å². The number of carbonyl (C=O) groups excluding carboxylic acids is 1. The molecule has 4 nitrogen and oxygen atoms in total. The first-order chi connectivity index (χ1) is 8.16. The van der Waals surface area contributed by atoms with Crippen molar-refractivity contribution in [2.24, 2.45) is 0 Å². The Morgan fingerprint density at radius 2 is 2.24 bits per heavy atom. The third-order valence-electron chi connectivity index (χ3n) is 2.46. The topological polar surface area (TPSA) is 62.5 Å². The highest BCUT2D eigenvalue weighted by Crippen LogP contribution is 2.15. The van der Waals surface area contributed by atoms with Gasteiger partial charge in [-0.15, -0.1) is 0 Å². The monoisotopic (exact) mass is 231 g/mol. The number of aromatic hydroxyl groups is 1. The van der Waals surface area contributed by atoms with Gasteiger partial charge in [0.1, 0.15) is 11.5 Å². The Morgan fingerprint density at radius 3 is 2.88 bits per heavy atom. The first kappa shape index (κ1) is 11.3. The second-order valence-electron chi connectivity index (χ2n) is 3.76. The second-order valence-corrected chi connectivity index (χ2v) is 3.76. The Bertz CT molecular complexity index is 517. The van der Waals surface area contributed by atoms with Crippen molar-refractivity contribution in [3.63, 3.8) is 0 Å². The van der Waals surface area contributed by atoms with Gasteiger partial charge in [-0.25, -0.2) is 0 Å². The number of phenolic OH excluding ortho intramolecular Hbond substituents is 1. The van der Waals surface area contributed by atoms with Crippen LogP contribution in [0, 0.1) is 6.92 Å². The van der Waals surface area contributed by atoms with Crippen molar-refractivity contribution < 1.29 is 14.3 Å². The summed E-state index contributed by atoms with van der Waals surface area (Å²) in [6.45, 7) is 2.13. The maximum absolute atomic E-state index is 11.8. The third kappa shape index (κ3) is 2.66. The van der Waals surface area contributed by atoms with Gasteiger partial charge in [-0.3, -0.25) is 4.79 Å². The van der Waals surface area contributed by atoms with E-state index in [1.165, 1.54) is 6.07 Å². The zero-order chi connectivity index (χ0) is 12.3. The Labute approximate surface area is 98.9 Å². The molecule has 1 amide bonds. The summed E-state index contributed by atoms with van der Waals surface area (Å²) in [6.07, 6.45) is 1.56. The quantitative estimate of drug-likeness (QED) is 0.851. The minimum atomic E-state index is -0.182. The highest BCUT2D eigenvalue weighted by Gasteiger charge is 2.09. The van der Waals surface area contributed by atoms with Crippen LogP contribution in [-0.2, 0) is 6.54 Å². The molecule has 2 aromatic rings. The van der Waals surface area contributed by atoms with Crippen LogP contribution in [0.5, 0.6) is 5.75 Å². The van der Waals surface area contributed by atoms with Crippen LogP contribution < -0.4 is 5.32 Å². The van der Waals surface area contributed by atoms with E-state index in [9.17, 15) is 9.90 Å². The molecule has 17 heavy (non-hydrogen) atoms. The van der Waals surface area contributed by atoms with Crippen molar-refractivity contribution in [1.29, 1.82) is 0 Å². The maximum Gasteiger partial charge on any atom is 0.251 e. The fourth-order valence-electron chi connectivity index (χ4n) is 1.58. The predicted octanol–water partition coefficient (Wildman–Crippen LogP) is 2.22. The molecule has 0 aliphatic rings. The van der Waals surface area contributed by atoms with Gasteiger partial charge in [0, 0.05) is 5.56 Å². The molecule has 0 fully saturated rings. The smallest absolute Gasteiger partial charge is 0.251 e. The number of rotatable bonds is 3. The van der Waals surface area contributed by atoms with Crippen LogP contribution in [0.4, 0.5) is 0 Å². The molecular weight excluding hydrogens is 218 g/mol. The van der Waals surface area contributed by atoms with Crippen LogP contribution in [0.1, 0.15) is 21.7 Å². The zero-order valence-corrected chi connectivity index (χ0v) is 9.43. The summed E-state index contributed by atoms with van der Waals surface area (Å²) in [5.74, 6) is 0.679. The summed E-state index contributed by atoms with van der Waals surface area (Å²) in [5.41, 5.74) is 1.29. The van der Waals surface area contributed by atoms with Gasteiger partial charge in [0.25, 0.3) is 5.91 Å². The van der Waals surface area contributed by atoms with Crippen molar-refractivity contribution in [2.75, 3.05) is 0 Å². The van der Waals surface area contributed by atoms with E-state index in [0.717, 1.165) is 5.56 Å². The van der Waals surface area contributed by atoms with Crippen LogP contribution in [0.15, 0.2) is 41.0 Å². The average molecular weight is 231 g/mol. The molecule has 0 unspecified atom stereocenters. The highest BCUT2D eigenvalue weighted by atomic mass is 16.3. The van der Waals surface area contributed by atoms with Crippen LogP contribution in [-0.4, -0.2) is 11.0 Å². The molecule has 0 aliphatic heterocycles. The molecule has 0 radical (unpaired) electrons. The van der Waals surface area contributed by atoms with Crippen LogP contribution in [0.3, 0.4) is 0 Å². The first-order valence-corrected chi connectivity index (χ1v) is 5.27. The molecule has 88 valence electrons. The Kier molecular flexibility index (Phi) is 3.14. The molecule has 2 rings (SSSR count). The molecule has 0 bridgehead atoms. The Hall–Kier alpha value is -2.23. The minimum Gasteiger partial charge on any atom is -0.508 e. The van der Waals surface area contributed by atoms with Gasteiger partial charge in [-0.1, -0.05) is 0 Å². The normalized spacial score (nSPS) is 10.2. The lowest BCUT2D eigenvalue weighted by atomic mass is 10.1. The first-order valence-electron chi connectivity index (χ1n) is 5.27. The third-order valence-corrected chi connectivity index (χ3v) is 2.46. The summed E-state index contributed by atoms with van der Waals surface area (Å²) in [4.78, 5) is 11.8. The van der Waals surface area contributed by atoms with Crippen LogP contribution in [0.2, 0.25) is 0 Å². The van der Waals surface area contributed by atoms with E-state index in [1.807, 2.05) is 0 Å². The molecule has 0 atom stereocenters. The largest absolute Gasteiger partial charge is 0.508 e. The van der Waals surface area contributed by atoms with Crippen molar-refractivity contribution in [3.8, 4) is 5.75 Å². The SMILES string of the molecule is Cc1cc(O)ccc1C(=O)NCc1ccco1. The number of carbonyl (C=O) groups is 1. The molecule has 2 N–H and O–H groups in total. The van der Waals surface area contributed by atoms with E-state index in [2.05, 4.69) is 5.32 Å². The molecule has 0 spiro atoms. The molecule has 1 heterocycles. The van der Waals surface area contributed by atoms with Gasteiger partial charge >= 0.3 is 0 Å². The molecule has 0 saturated carbocycles. The summed E-state index contributed by atoms with van der Waals surface area (Å²) >= 11 is 0. The number of hydrogen-bond acceptors (Lipinski definition) is 3. The van der Waals surface area contributed by atoms with Gasteiger partial charge in [0.15, 0.2) is 0 Å². The van der Waals surface area contributed by atoms with E-state index in [0.29, 0.717) is 17.9 Å². The van der Waals surface area contributed by atoms with E-state index in [4.69, 9.17) is 4.42 Å². The van der Waals surface area contributed by atoms with E-state index < -0.39 is 0 Å². The molecule has 1 aromatic heterocycles. The minimum absolute atomic E-state index is 0.157. The molecular formula is C13H13NO3. The van der Waals surface area contributed by atoms with Gasteiger partial charge < -0.3 is 14.8 Å². The molecule has 0 saturated heterocycles. The summed E-state index contributed by atoms with van der Waals surface area (Å²) in [6, 6.07) is 8.22. The lowest BCUT2D eigenvalue weighted by Gasteiger charge is -2.06. The standard InChI is InChI=1S/C13H13NO3/c1-9-7-10(15)4-5-12(9)13(16)14-8-11-3-2-6-17-11/h2-7,15H,8H2,1H3,(H,14,16). The molecule has 1 aromatic carbocycles. The van der Waals surface area contributed by atoms with Crippen molar-refractivity contribution in [2.45, 2.75) is 13.5 Å². The number of benzene rings is 1. The van der Waals surface area contributed by atoms with Gasteiger partial charge in [-0.2, -0.15) is 0 Å². The second kappa shape index (κ2) is 4.74. The summed E-state index contributed by atoms with van der Waals surface area (Å²) in [5, 5.41) is 12.0. The zero-order valence-electron chi connectivity index (χ0n) is 9.43. The summed E-state index contributed by atoms with van der Waals surface area (Å²) in [7, 11) is 0. The molecule has 0 aliphatic carbocycles. The lowest BCUT2D eigenvalue weighted by molar-refractivity contribution is 0.0947. The number of hydrogen-bond donors (Lipinski definition) is 2. The van der Waals surface area contributed by atoms with E-state index >= 15 is 0 Å². The number of furan rings is 1. The van der Waals surface area contributed by atoms with Crippen LogP contribution >= 0.6 is 0 Å².